The van der Waals surface area contributed by atoms with E-state index in [1.54, 1.807) is 30.6 Å². The summed E-state index contributed by atoms with van der Waals surface area (Å²) in [5.74, 6) is 0.424. The average molecular weight is 445 g/mol. The van der Waals surface area contributed by atoms with Crippen molar-refractivity contribution < 1.29 is 9.59 Å². The fourth-order valence-corrected chi connectivity index (χ4v) is 4.10. The van der Waals surface area contributed by atoms with E-state index in [1.165, 1.54) is 23.1 Å². The molecule has 30 heavy (non-hydrogen) atoms. The third-order valence-electron chi connectivity index (χ3n) is 4.45. The Morgan fingerprint density at radius 3 is 2.50 bits per heavy atom. The fraction of sp³-hybridized carbons (Fsp3) is 0.350. The van der Waals surface area contributed by atoms with Gasteiger partial charge >= 0.3 is 0 Å². The van der Waals surface area contributed by atoms with Crippen molar-refractivity contribution >= 4 is 40.0 Å². The van der Waals surface area contributed by atoms with Crippen LogP contribution in [-0.4, -0.2) is 36.8 Å². The normalized spacial score (nSPS) is 13.1. The number of nitrogens with one attached hydrogen (secondary N) is 2. The maximum atomic E-state index is 12.6. The number of amides is 2. The number of rotatable bonds is 8. The lowest BCUT2D eigenvalue weighted by Gasteiger charge is -2.22. The Hall–Kier alpha value is -2.72. The van der Waals surface area contributed by atoms with Crippen LogP contribution in [-0.2, 0) is 11.8 Å². The molecule has 0 fully saturated rings. The summed E-state index contributed by atoms with van der Waals surface area (Å²) in [6, 6.07) is 8.75. The predicted molar refractivity (Wildman–Crippen MR) is 119 cm³/mol. The number of nitrogens with zero attached hydrogens (tertiary/aromatic N) is 4. The van der Waals surface area contributed by atoms with Crippen LogP contribution >= 0.6 is 23.1 Å². The number of hydrogen-bond acceptors (Lipinski definition) is 7. The van der Waals surface area contributed by atoms with Crippen LogP contribution in [0.2, 0.25) is 0 Å². The van der Waals surface area contributed by atoms with Crippen LogP contribution in [0.25, 0.3) is 0 Å². The van der Waals surface area contributed by atoms with Gasteiger partial charge in [-0.1, -0.05) is 43.8 Å². The highest BCUT2D eigenvalue weighted by molar-refractivity contribution is 8.00. The SMILES string of the molecule is CC(Sc1nnc(C(NC(=O)c2ccccc2)C(C)C)n1C)C(=O)Nc1nccs1. The zero-order valence-corrected chi connectivity index (χ0v) is 18.8. The molecule has 2 unspecified atom stereocenters. The van der Waals surface area contributed by atoms with Gasteiger partial charge in [0, 0.05) is 24.2 Å². The summed E-state index contributed by atoms with van der Waals surface area (Å²) >= 11 is 2.67. The maximum absolute atomic E-state index is 12.6. The summed E-state index contributed by atoms with van der Waals surface area (Å²) in [4.78, 5) is 29.1. The van der Waals surface area contributed by atoms with Gasteiger partial charge in [0.15, 0.2) is 16.1 Å². The molecular weight excluding hydrogens is 420 g/mol. The van der Waals surface area contributed by atoms with Gasteiger partial charge in [-0.3, -0.25) is 9.59 Å². The zero-order valence-electron chi connectivity index (χ0n) is 17.2. The molecule has 0 bridgehead atoms. The van der Waals surface area contributed by atoms with E-state index in [0.717, 1.165) is 0 Å². The molecular formula is C20H24N6O2S2. The van der Waals surface area contributed by atoms with Gasteiger partial charge in [0.2, 0.25) is 5.91 Å². The van der Waals surface area contributed by atoms with Crippen molar-refractivity contribution in [2.24, 2.45) is 13.0 Å². The molecule has 0 aliphatic carbocycles. The smallest absolute Gasteiger partial charge is 0.251 e. The zero-order chi connectivity index (χ0) is 21.7. The molecule has 2 atom stereocenters. The summed E-state index contributed by atoms with van der Waals surface area (Å²) in [5.41, 5.74) is 0.590. The molecule has 0 radical (unpaired) electrons. The Bertz CT molecular complexity index is 988. The number of carbonyl (C=O) groups is 2. The third-order valence-corrected chi connectivity index (χ3v) is 6.27. The van der Waals surface area contributed by atoms with Gasteiger partial charge in [0.1, 0.15) is 0 Å². The Labute approximate surface area is 183 Å². The lowest BCUT2D eigenvalue weighted by atomic mass is 10.0. The first-order valence-electron chi connectivity index (χ1n) is 9.49. The predicted octanol–water partition coefficient (Wildman–Crippen LogP) is 3.52. The molecule has 0 aliphatic heterocycles. The second-order valence-corrected chi connectivity index (χ2v) is 9.25. The molecule has 0 saturated carbocycles. The van der Waals surface area contributed by atoms with Gasteiger partial charge in [-0.25, -0.2) is 4.98 Å². The Morgan fingerprint density at radius 2 is 1.87 bits per heavy atom. The van der Waals surface area contributed by atoms with Gasteiger partial charge < -0.3 is 15.2 Å². The number of benzene rings is 1. The van der Waals surface area contributed by atoms with E-state index in [-0.39, 0.29) is 29.0 Å². The highest BCUT2D eigenvalue weighted by atomic mass is 32.2. The number of thioether (sulfide) groups is 1. The van der Waals surface area contributed by atoms with Crippen molar-refractivity contribution in [3.63, 3.8) is 0 Å². The van der Waals surface area contributed by atoms with E-state index in [0.29, 0.717) is 21.7 Å². The van der Waals surface area contributed by atoms with E-state index in [4.69, 9.17) is 0 Å². The molecule has 2 amide bonds. The van der Waals surface area contributed by atoms with E-state index in [9.17, 15) is 9.59 Å². The first kappa shape index (κ1) is 22.0. The van der Waals surface area contributed by atoms with Gasteiger partial charge in [-0.15, -0.1) is 21.5 Å². The minimum absolute atomic E-state index is 0.101. The minimum Gasteiger partial charge on any atom is -0.342 e. The number of carbonyl (C=O) groups excluding carboxylic acids is 2. The monoisotopic (exact) mass is 444 g/mol. The van der Waals surface area contributed by atoms with Crippen LogP contribution in [0.3, 0.4) is 0 Å². The lowest BCUT2D eigenvalue weighted by Crippen LogP contribution is -2.33. The maximum Gasteiger partial charge on any atom is 0.251 e. The second-order valence-electron chi connectivity index (χ2n) is 7.05. The van der Waals surface area contributed by atoms with E-state index in [1.807, 2.05) is 43.7 Å². The molecule has 158 valence electrons. The summed E-state index contributed by atoms with van der Waals surface area (Å²) in [5, 5.41) is 17.0. The summed E-state index contributed by atoms with van der Waals surface area (Å²) in [6.07, 6.45) is 1.64. The average Bonchev–Trinajstić information content (AvgIpc) is 3.37. The van der Waals surface area contributed by atoms with E-state index < -0.39 is 0 Å². The number of thiazole rings is 1. The minimum atomic E-state index is -0.388. The van der Waals surface area contributed by atoms with Crippen molar-refractivity contribution in [1.29, 1.82) is 0 Å². The molecule has 2 N–H and O–H groups in total. The Balaban J connectivity index is 1.71. The van der Waals surface area contributed by atoms with Crippen molar-refractivity contribution in [3.05, 3.63) is 53.3 Å². The molecule has 0 spiro atoms. The molecule has 3 aromatic rings. The van der Waals surface area contributed by atoms with Crippen LogP contribution in [0.15, 0.2) is 47.1 Å². The number of aromatic nitrogens is 4. The van der Waals surface area contributed by atoms with Crippen molar-refractivity contribution in [2.45, 2.75) is 37.2 Å². The first-order chi connectivity index (χ1) is 14.4. The Morgan fingerprint density at radius 1 is 1.13 bits per heavy atom. The highest BCUT2D eigenvalue weighted by Gasteiger charge is 2.26. The molecule has 1 aromatic carbocycles. The Kier molecular flexibility index (Phi) is 7.22. The van der Waals surface area contributed by atoms with Crippen molar-refractivity contribution in [2.75, 3.05) is 5.32 Å². The van der Waals surface area contributed by atoms with E-state index >= 15 is 0 Å². The molecule has 0 aliphatic rings. The van der Waals surface area contributed by atoms with Gasteiger partial charge in [-0.2, -0.15) is 0 Å². The fourth-order valence-electron chi connectivity index (χ4n) is 2.75. The van der Waals surface area contributed by atoms with Gasteiger partial charge in [-0.05, 0) is 25.0 Å². The first-order valence-corrected chi connectivity index (χ1v) is 11.2. The van der Waals surface area contributed by atoms with Crippen molar-refractivity contribution in [3.8, 4) is 0 Å². The topological polar surface area (TPSA) is 102 Å². The van der Waals surface area contributed by atoms with Gasteiger partial charge in [0.05, 0.1) is 11.3 Å². The third kappa shape index (κ3) is 5.25. The summed E-state index contributed by atoms with van der Waals surface area (Å²) in [6.45, 7) is 5.84. The van der Waals surface area contributed by atoms with Crippen LogP contribution in [0.1, 0.15) is 43.0 Å². The van der Waals surface area contributed by atoms with Crippen LogP contribution in [0.5, 0.6) is 0 Å². The standard InChI is InChI=1S/C20H24N6O2S2/c1-12(2)15(22-18(28)14-8-6-5-7-9-14)16-24-25-20(26(16)4)30-13(3)17(27)23-19-21-10-11-29-19/h5-13,15H,1-4H3,(H,22,28)(H,21,23,27). The van der Waals surface area contributed by atoms with Gasteiger partial charge in [0.25, 0.3) is 5.91 Å². The largest absolute Gasteiger partial charge is 0.342 e. The number of hydrogen-bond donors (Lipinski definition) is 2. The van der Waals surface area contributed by atoms with E-state index in [2.05, 4.69) is 25.8 Å². The molecule has 8 nitrogen and oxygen atoms in total. The molecule has 0 saturated heterocycles. The quantitative estimate of drug-likeness (QED) is 0.516. The van der Waals surface area contributed by atoms with Crippen LogP contribution in [0.4, 0.5) is 5.13 Å². The molecule has 2 aromatic heterocycles. The van der Waals surface area contributed by atoms with Crippen LogP contribution < -0.4 is 10.6 Å². The molecule has 10 heteroatoms. The number of anilines is 1. The summed E-state index contributed by atoms with van der Waals surface area (Å²) < 4.78 is 1.83. The van der Waals surface area contributed by atoms with Crippen molar-refractivity contribution in [1.82, 2.24) is 25.1 Å². The van der Waals surface area contributed by atoms with Crippen LogP contribution in [0, 0.1) is 5.92 Å². The molecule has 2 heterocycles. The molecule has 3 rings (SSSR count). The lowest BCUT2D eigenvalue weighted by molar-refractivity contribution is -0.115. The highest BCUT2D eigenvalue weighted by Crippen LogP contribution is 2.27. The summed E-state index contributed by atoms with van der Waals surface area (Å²) in [7, 11) is 1.84. The second kappa shape index (κ2) is 9.86.